The molecule has 5 rings (SSSR count). The third-order valence-electron chi connectivity index (χ3n) is 7.46. The van der Waals surface area contributed by atoms with Crippen molar-refractivity contribution in [2.24, 2.45) is 17.3 Å². The quantitative estimate of drug-likeness (QED) is 0.200. The maximum Gasteiger partial charge on any atom is 0.228 e. The van der Waals surface area contributed by atoms with Gasteiger partial charge in [-0.3, -0.25) is 14.6 Å². The normalized spacial score (nSPS) is 16.8. The lowest BCUT2D eigenvalue weighted by Crippen LogP contribution is -2.20. The third-order valence-corrected chi connectivity index (χ3v) is 7.46. The molecular formula is C32H31F2N3O6. The summed E-state index contributed by atoms with van der Waals surface area (Å²) in [6.45, 7) is 4.35. The summed E-state index contributed by atoms with van der Waals surface area (Å²) in [5.41, 5.74) is 0.588. The minimum Gasteiger partial charge on any atom is -0.493 e. The number of hydrogen-bond acceptors (Lipinski definition) is 7. The molecule has 224 valence electrons. The zero-order valence-electron chi connectivity index (χ0n) is 24.1. The van der Waals surface area contributed by atoms with E-state index >= 15 is 4.39 Å². The maximum absolute atomic E-state index is 15.2. The number of methoxy groups -OCH3 is 2. The van der Waals surface area contributed by atoms with Gasteiger partial charge in [-0.1, -0.05) is 13.8 Å². The van der Waals surface area contributed by atoms with Crippen molar-refractivity contribution in [3.63, 3.8) is 0 Å². The van der Waals surface area contributed by atoms with Gasteiger partial charge in [-0.05, 0) is 53.9 Å². The number of carbonyl (C=O) groups is 2. The second-order valence-corrected chi connectivity index (χ2v) is 10.7. The van der Waals surface area contributed by atoms with Gasteiger partial charge in [-0.2, -0.15) is 0 Å². The van der Waals surface area contributed by atoms with E-state index in [0.29, 0.717) is 47.1 Å². The third kappa shape index (κ3) is 6.36. The molecule has 2 atom stereocenters. The van der Waals surface area contributed by atoms with Crippen molar-refractivity contribution in [1.29, 1.82) is 0 Å². The fraction of sp³-hybridized carbons (Fsp3) is 0.281. The summed E-state index contributed by atoms with van der Waals surface area (Å²) < 4.78 is 50.5. The van der Waals surface area contributed by atoms with Crippen LogP contribution < -0.4 is 24.8 Å². The molecule has 1 saturated carbocycles. The van der Waals surface area contributed by atoms with E-state index in [0.717, 1.165) is 6.07 Å². The lowest BCUT2D eigenvalue weighted by molar-refractivity contribution is -0.122. The molecule has 1 aliphatic carbocycles. The van der Waals surface area contributed by atoms with Gasteiger partial charge < -0.3 is 29.6 Å². The number of benzene rings is 3. The molecule has 2 amide bonds. The topological polar surface area (TPSA) is 108 Å². The number of anilines is 2. The summed E-state index contributed by atoms with van der Waals surface area (Å²) in [4.78, 5) is 30.3. The molecule has 1 heterocycles. The molecule has 0 spiro atoms. The van der Waals surface area contributed by atoms with E-state index in [4.69, 9.17) is 18.9 Å². The Hall–Kier alpha value is -4.77. The van der Waals surface area contributed by atoms with Gasteiger partial charge in [0.15, 0.2) is 23.1 Å². The highest BCUT2D eigenvalue weighted by atomic mass is 19.1. The van der Waals surface area contributed by atoms with Gasteiger partial charge in [-0.25, -0.2) is 8.78 Å². The van der Waals surface area contributed by atoms with Crippen LogP contribution >= 0.6 is 0 Å². The fourth-order valence-electron chi connectivity index (χ4n) is 5.09. The summed E-state index contributed by atoms with van der Waals surface area (Å²) in [6, 6.07) is 14.5. The predicted octanol–water partition coefficient (Wildman–Crippen LogP) is 6.19. The number of pyridine rings is 1. The van der Waals surface area contributed by atoms with Crippen LogP contribution in [0.4, 0.5) is 20.2 Å². The average molecular weight is 592 g/mol. The van der Waals surface area contributed by atoms with Crippen LogP contribution in [0.25, 0.3) is 10.9 Å². The molecule has 2 N–H and O–H groups in total. The van der Waals surface area contributed by atoms with Crippen LogP contribution in [-0.4, -0.2) is 44.2 Å². The van der Waals surface area contributed by atoms with Crippen LogP contribution in [0, 0.1) is 28.9 Å². The Morgan fingerprint density at radius 1 is 0.814 bits per heavy atom. The Morgan fingerprint density at radius 3 is 2.14 bits per heavy atom. The molecule has 1 fully saturated rings. The number of fused-ring (bicyclic) bond motifs is 1. The molecule has 0 unspecified atom stereocenters. The van der Waals surface area contributed by atoms with E-state index in [1.165, 1.54) is 49.7 Å². The number of halogens is 2. The standard InChI is InChI=1S/C32H31F2N3O6/c1-32(2)28(30(38)36-19-7-5-18(33)6-8-19)29(32)31(39)37-20-9-10-25(22(34)15-20)43-24-11-12-35-23-17-27(42-14-13-40-3)26(41-4)16-21(23)24/h5-12,15-17,28-29H,13-14H2,1-4H3,(H,36,38)(H,37,39)/t28-,29+/m0/s1. The van der Waals surface area contributed by atoms with E-state index in [1.54, 1.807) is 25.3 Å². The van der Waals surface area contributed by atoms with Crippen molar-refractivity contribution < 1.29 is 37.3 Å². The van der Waals surface area contributed by atoms with E-state index in [9.17, 15) is 14.0 Å². The largest absolute Gasteiger partial charge is 0.493 e. The summed E-state index contributed by atoms with van der Waals surface area (Å²) in [6.07, 6.45) is 1.54. The molecule has 9 nitrogen and oxygen atoms in total. The Balaban J connectivity index is 1.27. The Bertz CT molecular complexity index is 1660. The second kappa shape index (κ2) is 12.2. The zero-order valence-corrected chi connectivity index (χ0v) is 24.1. The predicted molar refractivity (Wildman–Crippen MR) is 157 cm³/mol. The van der Waals surface area contributed by atoms with Crippen LogP contribution in [0.15, 0.2) is 66.9 Å². The van der Waals surface area contributed by atoms with Gasteiger partial charge in [-0.15, -0.1) is 0 Å². The number of amides is 2. The van der Waals surface area contributed by atoms with E-state index in [2.05, 4.69) is 15.6 Å². The first-order valence-electron chi connectivity index (χ1n) is 13.6. The van der Waals surface area contributed by atoms with Crippen LogP contribution in [0.3, 0.4) is 0 Å². The van der Waals surface area contributed by atoms with Crippen molar-refractivity contribution in [1.82, 2.24) is 4.98 Å². The molecular weight excluding hydrogens is 560 g/mol. The summed E-state index contributed by atoms with van der Waals surface area (Å²) in [5, 5.41) is 6.01. The number of ether oxygens (including phenoxy) is 4. The van der Waals surface area contributed by atoms with E-state index in [-0.39, 0.29) is 17.3 Å². The van der Waals surface area contributed by atoms with Gasteiger partial charge >= 0.3 is 0 Å². The van der Waals surface area contributed by atoms with Crippen LogP contribution in [0.2, 0.25) is 0 Å². The van der Waals surface area contributed by atoms with Gasteiger partial charge in [0.2, 0.25) is 11.8 Å². The zero-order chi connectivity index (χ0) is 30.7. The molecule has 0 radical (unpaired) electrons. The summed E-state index contributed by atoms with van der Waals surface area (Å²) >= 11 is 0. The SMILES string of the molecule is COCCOc1cc2nccc(Oc3ccc(NC(=O)[C@H]4[C@@H](C(=O)Nc5ccc(F)cc5)C4(C)C)cc3F)c2cc1OC. The second-order valence-electron chi connectivity index (χ2n) is 10.7. The number of rotatable bonds is 11. The van der Waals surface area contributed by atoms with E-state index in [1.807, 2.05) is 13.8 Å². The molecule has 3 aromatic carbocycles. The first-order chi connectivity index (χ1) is 20.6. The smallest absolute Gasteiger partial charge is 0.228 e. The maximum atomic E-state index is 15.2. The average Bonchev–Trinajstić information content (AvgIpc) is 3.57. The van der Waals surface area contributed by atoms with Crippen molar-refractivity contribution in [3.05, 3.63) is 78.5 Å². The highest BCUT2D eigenvalue weighted by molar-refractivity contribution is 6.04. The number of aromatic nitrogens is 1. The molecule has 1 aliphatic rings. The Labute approximate surface area is 247 Å². The number of hydrogen-bond donors (Lipinski definition) is 2. The van der Waals surface area contributed by atoms with Crippen molar-refractivity contribution in [2.75, 3.05) is 38.1 Å². The molecule has 0 bridgehead atoms. The molecule has 0 saturated heterocycles. The van der Waals surface area contributed by atoms with E-state index < -0.39 is 34.8 Å². The number of carbonyl (C=O) groups excluding carboxylic acids is 2. The van der Waals surface area contributed by atoms with Gasteiger partial charge in [0.05, 0.1) is 31.1 Å². The Morgan fingerprint density at radius 2 is 1.49 bits per heavy atom. The van der Waals surface area contributed by atoms with Crippen molar-refractivity contribution in [3.8, 4) is 23.0 Å². The fourth-order valence-corrected chi connectivity index (χ4v) is 5.09. The van der Waals surface area contributed by atoms with Crippen LogP contribution in [0.5, 0.6) is 23.0 Å². The minimum absolute atomic E-state index is 0.0619. The lowest BCUT2D eigenvalue weighted by atomic mass is 10.1. The lowest BCUT2D eigenvalue weighted by Gasteiger charge is -2.14. The van der Waals surface area contributed by atoms with Gasteiger partial charge in [0.1, 0.15) is 18.2 Å². The number of nitrogens with zero attached hydrogens (tertiary/aromatic N) is 1. The van der Waals surface area contributed by atoms with Crippen LogP contribution in [0.1, 0.15) is 13.8 Å². The molecule has 11 heteroatoms. The monoisotopic (exact) mass is 591 g/mol. The summed E-state index contributed by atoms with van der Waals surface area (Å²) in [5.74, 6) is -1.89. The first kappa shape index (κ1) is 29.7. The summed E-state index contributed by atoms with van der Waals surface area (Å²) in [7, 11) is 3.09. The highest BCUT2D eigenvalue weighted by Crippen LogP contribution is 2.59. The van der Waals surface area contributed by atoms with Gasteiger partial charge in [0, 0.05) is 42.2 Å². The minimum atomic E-state index is -0.699. The van der Waals surface area contributed by atoms with Crippen LogP contribution in [-0.2, 0) is 14.3 Å². The Kier molecular flexibility index (Phi) is 8.45. The van der Waals surface area contributed by atoms with Crippen molar-refractivity contribution in [2.45, 2.75) is 13.8 Å². The molecule has 43 heavy (non-hydrogen) atoms. The van der Waals surface area contributed by atoms with Gasteiger partial charge in [0.25, 0.3) is 0 Å². The highest BCUT2D eigenvalue weighted by Gasteiger charge is 2.65. The molecule has 0 aliphatic heterocycles. The molecule has 1 aromatic heterocycles. The number of nitrogens with one attached hydrogen (secondary N) is 2. The first-order valence-corrected chi connectivity index (χ1v) is 13.6. The van der Waals surface area contributed by atoms with Crippen molar-refractivity contribution >= 4 is 34.1 Å². The molecule has 4 aromatic rings.